The van der Waals surface area contributed by atoms with Crippen LogP contribution < -0.4 is 4.74 Å². The molecule has 0 aromatic heterocycles. The molecule has 0 radical (unpaired) electrons. The number of rotatable bonds is 4. The van der Waals surface area contributed by atoms with Crippen LogP contribution in [0.5, 0.6) is 5.75 Å². The number of halogens is 4. The van der Waals surface area contributed by atoms with Gasteiger partial charge in [0.25, 0.3) is 0 Å². The standard InChI is InChI=1S/C19H23F4O.Ra.H/c20-17-11-10-16(12-18(17)21)24-19(22,23)15-8-6-14(7-9-15)13-4-2-1-3-5-13;;/h1,10-15H,2-9H2;;. The molecule has 0 spiro atoms. The van der Waals surface area contributed by atoms with Gasteiger partial charge in [-0.15, -0.1) is 0 Å². The van der Waals surface area contributed by atoms with Crippen LogP contribution in [0.2, 0.25) is 0.959 Å². The number of hydrogen-bond acceptors (Lipinski definition) is 1. The molecule has 3 rings (SSSR count). The molecule has 0 unspecified atom stereocenters. The molecule has 0 amide bonds. The maximum absolute atomic E-state index is 14.4. The summed E-state index contributed by atoms with van der Waals surface area (Å²) in [6, 6.07) is 2.54. The van der Waals surface area contributed by atoms with Gasteiger partial charge in [-0.1, -0.05) is 0 Å². The first-order valence-corrected chi connectivity index (χ1v) is 14.1. The summed E-state index contributed by atoms with van der Waals surface area (Å²) >= 11 is 0.604. The van der Waals surface area contributed by atoms with E-state index in [1.807, 2.05) is 0 Å². The van der Waals surface area contributed by atoms with Crippen molar-refractivity contribution in [3.05, 3.63) is 29.8 Å². The van der Waals surface area contributed by atoms with Crippen molar-refractivity contribution in [2.75, 3.05) is 0 Å². The zero-order valence-electron chi connectivity index (χ0n) is 14.6. The Morgan fingerprint density at radius 2 is 1.40 bits per heavy atom. The summed E-state index contributed by atoms with van der Waals surface area (Å²) in [7, 11) is 0. The molecule has 1 nitrogen and oxygen atoms in total. The summed E-state index contributed by atoms with van der Waals surface area (Å²) in [5.41, 5.74) is 0. The SMILES string of the molecule is Fc1ccc(OC(F)(F)C2CCC(C3CC[CH]([RaH])CC3)CC2)cc1F. The monoisotopic (exact) mass is 570 g/mol. The third kappa shape index (κ3) is 5.14. The summed E-state index contributed by atoms with van der Waals surface area (Å²) < 4.78 is 60.7. The fourth-order valence-corrected chi connectivity index (χ4v) is 7.20. The predicted octanol–water partition coefficient (Wildman–Crippen LogP) is 6.00. The summed E-state index contributed by atoms with van der Waals surface area (Å²) in [6.07, 6.45) is 4.44. The molecule has 2 aliphatic rings. The minimum absolute atomic E-state index is 0.320. The fraction of sp³-hybridized carbons (Fsp3) is 0.684. The van der Waals surface area contributed by atoms with E-state index in [-0.39, 0.29) is 5.75 Å². The van der Waals surface area contributed by atoms with Crippen LogP contribution in [-0.2, 0) is 0 Å². The van der Waals surface area contributed by atoms with Gasteiger partial charge in [0.15, 0.2) is 11.6 Å². The van der Waals surface area contributed by atoms with Crippen LogP contribution in [0.25, 0.3) is 0 Å². The summed E-state index contributed by atoms with van der Waals surface area (Å²) in [5, 5.41) is 0. The quantitative estimate of drug-likeness (QED) is 0.404. The van der Waals surface area contributed by atoms with E-state index in [2.05, 4.69) is 0 Å². The molecule has 0 atom stereocenters. The molecule has 2 aliphatic carbocycles. The van der Waals surface area contributed by atoms with Crippen LogP contribution >= 0.6 is 0 Å². The van der Waals surface area contributed by atoms with Gasteiger partial charge < -0.3 is 0 Å². The second kappa shape index (κ2) is 8.48. The fourth-order valence-electron chi connectivity index (χ4n) is 4.46. The van der Waals surface area contributed by atoms with Gasteiger partial charge in [-0.25, -0.2) is 8.78 Å². The van der Waals surface area contributed by atoms with Crippen molar-refractivity contribution >= 4 is 0 Å². The Morgan fingerprint density at radius 3 is 1.96 bits per heavy atom. The van der Waals surface area contributed by atoms with E-state index >= 15 is 0 Å². The van der Waals surface area contributed by atoms with E-state index in [4.69, 9.17) is 4.74 Å². The third-order valence-corrected chi connectivity index (χ3v) is 10.9. The Labute approximate surface area is 175 Å². The molecule has 25 heavy (non-hydrogen) atoms. The van der Waals surface area contributed by atoms with Crippen molar-refractivity contribution in [2.24, 2.45) is 17.8 Å². The summed E-state index contributed by atoms with van der Waals surface area (Å²) in [5.74, 6) is -2.13. The van der Waals surface area contributed by atoms with Crippen molar-refractivity contribution < 1.29 is 65.1 Å². The molecule has 6 heteroatoms. The zero-order valence-corrected chi connectivity index (χ0v) is 22.8. The Bertz CT molecular complexity index is 579. The molecule has 0 bridgehead atoms. The van der Waals surface area contributed by atoms with Crippen molar-refractivity contribution in [1.29, 1.82) is 0 Å². The normalized spacial score (nSPS) is 30.8. The van der Waals surface area contributed by atoms with Gasteiger partial charge in [0.1, 0.15) is 0 Å². The van der Waals surface area contributed by atoms with Crippen LogP contribution in [0.15, 0.2) is 18.2 Å². The van der Waals surface area contributed by atoms with Crippen LogP contribution in [0.3, 0.4) is 0 Å². The average molecular weight is 570 g/mol. The summed E-state index contributed by atoms with van der Waals surface area (Å²) in [6.45, 7) is 0. The van der Waals surface area contributed by atoms with Crippen LogP contribution in [0.4, 0.5) is 17.6 Å². The van der Waals surface area contributed by atoms with Crippen LogP contribution in [0.1, 0.15) is 51.4 Å². The van der Waals surface area contributed by atoms with Crippen molar-refractivity contribution in [3.63, 3.8) is 0 Å². The van der Waals surface area contributed by atoms with Gasteiger partial charge in [0.05, 0.1) is 0 Å². The van der Waals surface area contributed by atoms with E-state index < -0.39 is 23.7 Å². The van der Waals surface area contributed by atoms with Gasteiger partial charge in [-0.05, 0) is 6.07 Å². The molecule has 0 saturated heterocycles. The molecule has 1 aromatic carbocycles. The predicted molar refractivity (Wildman–Crippen MR) is 84.5 cm³/mol. The maximum atomic E-state index is 14.4. The molecule has 0 N–H and O–H groups in total. The molecule has 2 fully saturated rings. The Balaban J connectivity index is 1.54. The van der Waals surface area contributed by atoms with Crippen molar-refractivity contribution in [2.45, 2.75) is 58.4 Å². The Kier molecular flexibility index (Phi) is 6.77. The average Bonchev–Trinajstić information content (AvgIpc) is 2.59. The summed E-state index contributed by atoms with van der Waals surface area (Å²) in [4.78, 5) is 0. The van der Waals surface area contributed by atoms with Crippen molar-refractivity contribution in [3.8, 4) is 5.75 Å². The smallest absolute Gasteiger partial charge is 0.204 e. The second-order valence-corrected chi connectivity index (χ2v) is 14.6. The van der Waals surface area contributed by atoms with E-state index in [1.54, 1.807) is 0 Å². The minimum atomic E-state index is -3.34. The molecule has 0 heterocycles. The molecular formula is C19H24F4ORa. The molecule has 1 aromatic rings. The Hall–Kier alpha value is 0.208. The number of hydrogen-bond donors (Lipinski definition) is 0. The van der Waals surface area contributed by atoms with Crippen LogP contribution in [-0.4, -0.2) is 6.11 Å². The third-order valence-electron chi connectivity index (χ3n) is 6.12. The van der Waals surface area contributed by atoms with Gasteiger partial charge in [-0.2, -0.15) is 0 Å². The van der Waals surface area contributed by atoms with E-state index in [0.717, 1.165) is 25.9 Å². The van der Waals surface area contributed by atoms with Gasteiger partial charge in [-0.3, -0.25) is 0 Å². The minimum Gasteiger partial charge on any atom is -0.204 e. The number of alkyl halides is 2. The zero-order chi connectivity index (χ0) is 18.0. The van der Waals surface area contributed by atoms with Gasteiger partial charge in [0, 0.05) is 0 Å². The number of ether oxygens (including phenoxy) is 1. The topological polar surface area (TPSA) is 9.23 Å². The van der Waals surface area contributed by atoms with Crippen LogP contribution in [0, 0.1) is 72.2 Å². The van der Waals surface area contributed by atoms with Gasteiger partial charge in [0.2, 0.25) is 0 Å². The molecule has 136 valence electrons. The van der Waals surface area contributed by atoms with E-state index in [1.165, 1.54) is 25.7 Å². The molecule has 0 aliphatic heterocycles. The van der Waals surface area contributed by atoms with E-state index in [0.29, 0.717) is 73.5 Å². The van der Waals surface area contributed by atoms with E-state index in [9.17, 15) is 17.6 Å². The molecular weight excluding hydrogens is 546 g/mol. The number of benzene rings is 1. The van der Waals surface area contributed by atoms with Gasteiger partial charge >= 0.3 is 150 Å². The Morgan fingerprint density at radius 1 is 0.840 bits per heavy atom. The second-order valence-electron chi connectivity index (χ2n) is 7.87. The molecule has 2 saturated carbocycles. The first-order valence-electron chi connectivity index (χ1n) is 9.37. The first-order chi connectivity index (χ1) is 11.8. The first kappa shape index (κ1) is 20.0. The van der Waals surface area contributed by atoms with Crippen molar-refractivity contribution in [1.82, 2.24) is 0 Å².